The van der Waals surface area contributed by atoms with E-state index < -0.39 is 29.9 Å². The van der Waals surface area contributed by atoms with E-state index in [1.165, 1.54) is 6.08 Å². The van der Waals surface area contributed by atoms with E-state index in [9.17, 15) is 9.90 Å². The Morgan fingerprint density at radius 3 is 2.60 bits per heavy atom. The number of hydrogen-bond donors (Lipinski definition) is 2. The lowest BCUT2D eigenvalue weighted by atomic mass is 9.96. The molecular weight excluding hydrogens is 200 g/mol. The third kappa shape index (κ3) is 2.77. The summed E-state index contributed by atoms with van der Waals surface area (Å²) in [6.45, 7) is 7.23. The monoisotopic (exact) mass is 216 g/mol. The highest BCUT2D eigenvalue weighted by atomic mass is 16.7. The fourth-order valence-corrected chi connectivity index (χ4v) is 1.55. The lowest BCUT2D eigenvalue weighted by Crippen LogP contribution is -2.38. The van der Waals surface area contributed by atoms with Gasteiger partial charge in [-0.25, -0.2) is 4.79 Å². The Labute approximate surface area is 88.3 Å². The molecule has 2 N–H and O–H groups in total. The first-order chi connectivity index (χ1) is 6.87. The van der Waals surface area contributed by atoms with Crippen molar-refractivity contribution in [2.75, 3.05) is 6.61 Å². The normalized spacial score (nSPS) is 28.3. The van der Waals surface area contributed by atoms with Gasteiger partial charge < -0.3 is 19.7 Å². The van der Waals surface area contributed by atoms with Crippen molar-refractivity contribution < 1.29 is 24.5 Å². The zero-order valence-corrected chi connectivity index (χ0v) is 8.84. The zero-order chi connectivity index (χ0) is 11.6. The van der Waals surface area contributed by atoms with Crippen molar-refractivity contribution in [2.24, 2.45) is 5.92 Å². The number of aliphatic hydroxyl groups excluding tert-OH is 1. The topological polar surface area (TPSA) is 76.0 Å². The van der Waals surface area contributed by atoms with Crippen LogP contribution < -0.4 is 0 Å². The van der Waals surface area contributed by atoms with Gasteiger partial charge in [0.1, 0.15) is 0 Å². The molecule has 0 saturated carbocycles. The van der Waals surface area contributed by atoms with Crippen LogP contribution in [-0.2, 0) is 14.3 Å². The molecule has 0 amide bonds. The maximum atomic E-state index is 10.6. The van der Waals surface area contributed by atoms with Gasteiger partial charge in [0.2, 0.25) is 0 Å². The first-order valence-corrected chi connectivity index (χ1v) is 4.72. The van der Waals surface area contributed by atoms with E-state index in [4.69, 9.17) is 14.6 Å². The summed E-state index contributed by atoms with van der Waals surface area (Å²) in [4.78, 5) is 10.6. The molecule has 3 unspecified atom stereocenters. The lowest BCUT2D eigenvalue weighted by Gasteiger charge is -2.23. The molecule has 1 saturated heterocycles. The predicted molar refractivity (Wildman–Crippen MR) is 52.2 cm³/mol. The van der Waals surface area contributed by atoms with Crippen LogP contribution >= 0.6 is 0 Å². The highest BCUT2D eigenvalue weighted by molar-refractivity contribution is 5.72. The van der Waals surface area contributed by atoms with Gasteiger partial charge >= 0.3 is 5.97 Å². The average molecular weight is 216 g/mol. The summed E-state index contributed by atoms with van der Waals surface area (Å²) >= 11 is 0. The van der Waals surface area contributed by atoms with Crippen LogP contribution in [0.5, 0.6) is 0 Å². The van der Waals surface area contributed by atoms with Crippen LogP contribution in [0.1, 0.15) is 13.8 Å². The van der Waals surface area contributed by atoms with Crippen LogP contribution in [0, 0.1) is 5.92 Å². The minimum absolute atomic E-state index is 0.258. The molecule has 1 heterocycles. The number of carbonyl (C=O) groups is 1. The van der Waals surface area contributed by atoms with Crippen LogP contribution in [0.15, 0.2) is 12.7 Å². The van der Waals surface area contributed by atoms with Crippen molar-refractivity contribution in [3.05, 3.63) is 12.7 Å². The Kier molecular flexibility index (Phi) is 3.49. The first-order valence-electron chi connectivity index (χ1n) is 4.72. The molecule has 0 radical (unpaired) electrons. The van der Waals surface area contributed by atoms with Gasteiger partial charge in [-0.15, -0.1) is 6.58 Å². The fraction of sp³-hybridized carbons (Fsp3) is 0.700. The maximum absolute atomic E-state index is 10.6. The van der Waals surface area contributed by atoms with Gasteiger partial charge in [-0.05, 0) is 13.8 Å². The van der Waals surface area contributed by atoms with Crippen LogP contribution in [0.25, 0.3) is 0 Å². The Hall–Kier alpha value is -0.910. The number of hydrogen-bond acceptors (Lipinski definition) is 4. The summed E-state index contributed by atoms with van der Waals surface area (Å²) in [5, 5.41) is 18.1. The van der Waals surface area contributed by atoms with Gasteiger partial charge in [0, 0.05) is 5.92 Å². The van der Waals surface area contributed by atoms with Crippen molar-refractivity contribution in [3.63, 3.8) is 0 Å². The highest BCUT2D eigenvalue weighted by Gasteiger charge is 2.40. The van der Waals surface area contributed by atoms with Crippen molar-refractivity contribution >= 4 is 5.97 Å². The summed E-state index contributed by atoms with van der Waals surface area (Å²) < 4.78 is 10.7. The molecule has 1 aliphatic heterocycles. The molecule has 86 valence electrons. The van der Waals surface area contributed by atoms with Gasteiger partial charge in [-0.1, -0.05) is 6.08 Å². The molecule has 15 heavy (non-hydrogen) atoms. The Balaban J connectivity index is 2.69. The number of aliphatic hydroxyl groups is 1. The van der Waals surface area contributed by atoms with Crippen molar-refractivity contribution in [3.8, 4) is 0 Å². The number of ether oxygens (including phenoxy) is 2. The number of carboxylic acids is 1. The van der Waals surface area contributed by atoms with E-state index >= 15 is 0 Å². The molecule has 5 nitrogen and oxygen atoms in total. The van der Waals surface area contributed by atoms with Crippen molar-refractivity contribution in [1.82, 2.24) is 0 Å². The molecule has 3 atom stereocenters. The standard InChI is InChI=1S/C10H16O5/c1-4-6(8(11)9(12)13)7-5-14-10(2,3)15-7/h4,6-8,11H,1,5H2,2-3H3,(H,12,13). The SMILES string of the molecule is C=CC(C1COC(C)(C)O1)C(O)C(=O)O. The maximum Gasteiger partial charge on any atom is 0.333 e. The molecule has 0 bridgehead atoms. The summed E-state index contributed by atoms with van der Waals surface area (Å²) in [5.74, 6) is -2.68. The average Bonchev–Trinajstić information content (AvgIpc) is 2.47. The number of aliphatic carboxylic acids is 1. The third-order valence-electron chi connectivity index (χ3n) is 2.35. The van der Waals surface area contributed by atoms with E-state index in [0.29, 0.717) is 0 Å². The van der Waals surface area contributed by atoms with Crippen LogP contribution in [0.3, 0.4) is 0 Å². The Bertz CT molecular complexity index is 261. The highest BCUT2D eigenvalue weighted by Crippen LogP contribution is 2.28. The molecular formula is C10H16O5. The lowest BCUT2D eigenvalue weighted by molar-refractivity contribution is -0.160. The molecule has 1 rings (SSSR count). The van der Waals surface area contributed by atoms with Crippen LogP contribution in [0.2, 0.25) is 0 Å². The second-order valence-corrected chi connectivity index (χ2v) is 3.96. The molecule has 0 aromatic heterocycles. The van der Waals surface area contributed by atoms with E-state index in [-0.39, 0.29) is 6.61 Å². The summed E-state index contributed by atoms with van der Waals surface area (Å²) in [7, 11) is 0. The zero-order valence-electron chi connectivity index (χ0n) is 8.84. The van der Waals surface area contributed by atoms with E-state index in [0.717, 1.165) is 0 Å². The predicted octanol–water partition coefficient (Wildman–Crippen LogP) is 0.386. The smallest absolute Gasteiger partial charge is 0.333 e. The minimum Gasteiger partial charge on any atom is -0.479 e. The van der Waals surface area contributed by atoms with Gasteiger partial charge in [-0.3, -0.25) is 0 Å². The molecule has 0 spiro atoms. The Morgan fingerprint density at radius 1 is 1.67 bits per heavy atom. The summed E-state index contributed by atoms with van der Waals surface area (Å²) in [5.41, 5.74) is 0. The van der Waals surface area contributed by atoms with Gasteiger partial charge in [0.05, 0.1) is 12.7 Å². The van der Waals surface area contributed by atoms with Crippen LogP contribution in [0.4, 0.5) is 0 Å². The van der Waals surface area contributed by atoms with Crippen molar-refractivity contribution in [2.45, 2.75) is 31.8 Å². The quantitative estimate of drug-likeness (QED) is 0.665. The van der Waals surface area contributed by atoms with Gasteiger partial charge in [0.15, 0.2) is 11.9 Å². The van der Waals surface area contributed by atoms with Gasteiger partial charge in [-0.2, -0.15) is 0 Å². The molecule has 1 fully saturated rings. The fourth-order valence-electron chi connectivity index (χ4n) is 1.55. The molecule has 5 heteroatoms. The van der Waals surface area contributed by atoms with E-state index in [1.807, 2.05) is 0 Å². The molecule has 0 aliphatic carbocycles. The van der Waals surface area contributed by atoms with Crippen LogP contribution in [-0.4, -0.2) is 40.8 Å². The molecule has 1 aliphatic rings. The molecule has 0 aromatic rings. The third-order valence-corrected chi connectivity index (χ3v) is 2.35. The Morgan fingerprint density at radius 2 is 2.27 bits per heavy atom. The minimum atomic E-state index is -1.51. The van der Waals surface area contributed by atoms with E-state index in [2.05, 4.69) is 6.58 Å². The second kappa shape index (κ2) is 4.30. The largest absolute Gasteiger partial charge is 0.479 e. The summed E-state index contributed by atoms with van der Waals surface area (Å²) in [6, 6.07) is 0. The number of carboxylic acid groups (broad SMARTS) is 1. The van der Waals surface area contributed by atoms with Gasteiger partial charge in [0.25, 0.3) is 0 Å². The van der Waals surface area contributed by atoms with Crippen molar-refractivity contribution in [1.29, 1.82) is 0 Å². The summed E-state index contributed by atoms with van der Waals surface area (Å²) in [6.07, 6.45) is -0.595. The number of rotatable bonds is 4. The molecule has 0 aromatic carbocycles. The first kappa shape index (κ1) is 12.2. The van der Waals surface area contributed by atoms with E-state index in [1.54, 1.807) is 13.8 Å². The second-order valence-electron chi connectivity index (χ2n) is 3.96.